The summed E-state index contributed by atoms with van der Waals surface area (Å²) in [6, 6.07) is 11.5. The molecule has 6 nitrogen and oxygen atoms in total. The van der Waals surface area contributed by atoms with Crippen LogP contribution in [0, 0.1) is 11.3 Å². The Kier molecular flexibility index (Phi) is 4.05. The molecule has 0 bridgehead atoms. The molecule has 1 aromatic heterocycles. The minimum Gasteiger partial charge on any atom is -0.369 e. The van der Waals surface area contributed by atoms with E-state index in [0.717, 1.165) is 25.2 Å². The third-order valence-electron chi connectivity index (χ3n) is 3.88. The first-order chi connectivity index (χ1) is 10.8. The zero-order valence-corrected chi connectivity index (χ0v) is 12.2. The third-order valence-corrected chi connectivity index (χ3v) is 3.88. The van der Waals surface area contributed by atoms with Gasteiger partial charge in [-0.25, -0.2) is 0 Å². The van der Waals surface area contributed by atoms with E-state index in [0.29, 0.717) is 24.3 Å². The van der Waals surface area contributed by atoms with Crippen molar-refractivity contribution < 1.29 is 4.79 Å². The van der Waals surface area contributed by atoms with Crippen LogP contribution in [0.5, 0.6) is 0 Å². The number of carbonyl (C=O) groups excluding carboxylic acids is 1. The van der Waals surface area contributed by atoms with E-state index < -0.39 is 0 Å². The van der Waals surface area contributed by atoms with Crippen LogP contribution < -0.4 is 4.90 Å². The summed E-state index contributed by atoms with van der Waals surface area (Å²) in [5.41, 5.74) is 2.14. The summed E-state index contributed by atoms with van der Waals surface area (Å²) in [6.45, 7) is 2.91. The van der Waals surface area contributed by atoms with E-state index in [9.17, 15) is 10.1 Å². The summed E-state index contributed by atoms with van der Waals surface area (Å²) in [5, 5.41) is 15.8. The topological polar surface area (TPSA) is 76.0 Å². The maximum Gasteiger partial charge on any atom is 0.271 e. The highest BCUT2D eigenvalue weighted by Gasteiger charge is 2.22. The van der Waals surface area contributed by atoms with Crippen molar-refractivity contribution in [1.82, 2.24) is 15.1 Å². The number of H-pyrrole nitrogens is 1. The van der Waals surface area contributed by atoms with E-state index in [-0.39, 0.29) is 5.91 Å². The summed E-state index contributed by atoms with van der Waals surface area (Å²) >= 11 is 0. The van der Waals surface area contributed by atoms with Gasteiger partial charge in [0.2, 0.25) is 0 Å². The minimum absolute atomic E-state index is 0.0204. The van der Waals surface area contributed by atoms with Gasteiger partial charge in [-0.15, -0.1) is 0 Å². The Morgan fingerprint density at radius 2 is 2.05 bits per heavy atom. The van der Waals surface area contributed by atoms with Crippen molar-refractivity contribution in [2.24, 2.45) is 0 Å². The molecular formula is C16H17N5O. The normalized spacial score (nSPS) is 15.2. The molecule has 1 N–H and O–H groups in total. The second-order valence-electron chi connectivity index (χ2n) is 5.23. The van der Waals surface area contributed by atoms with Gasteiger partial charge in [-0.2, -0.15) is 10.4 Å². The van der Waals surface area contributed by atoms with Crippen molar-refractivity contribution >= 4 is 11.6 Å². The van der Waals surface area contributed by atoms with E-state index in [1.165, 1.54) is 0 Å². The number of benzene rings is 1. The lowest BCUT2D eigenvalue weighted by Crippen LogP contribution is -2.35. The van der Waals surface area contributed by atoms with Crippen molar-refractivity contribution in [3.8, 4) is 6.07 Å². The lowest BCUT2D eigenvalue weighted by Gasteiger charge is -2.24. The first-order valence-corrected chi connectivity index (χ1v) is 7.32. The van der Waals surface area contributed by atoms with Crippen LogP contribution >= 0.6 is 0 Å². The van der Waals surface area contributed by atoms with Crippen LogP contribution in [-0.2, 0) is 0 Å². The Balaban J connectivity index is 1.73. The smallest absolute Gasteiger partial charge is 0.271 e. The molecule has 0 spiro atoms. The number of anilines is 1. The number of nitriles is 1. The van der Waals surface area contributed by atoms with Gasteiger partial charge in [-0.3, -0.25) is 9.89 Å². The van der Waals surface area contributed by atoms with Crippen molar-refractivity contribution in [3.05, 3.63) is 47.8 Å². The molecule has 1 aliphatic rings. The summed E-state index contributed by atoms with van der Waals surface area (Å²) in [6.07, 6.45) is 2.46. The Hall–Kier alpha value is -2.81. The van der Waals surface area contributed by atoms with Crippen LogP contribution in [0.25, 0.3) is 0 Å². The Morgan fingerprint density at radius 1 is 1.18 bits per heavy atom. The second-order valence-corrected chi connectivity index (χ2v) is 5.23. The van der Waals surface area contributed by atoms with Crippen molar-refractivity contribution in [2.75, 3.05) is 31.1 Å². The average molecular weight is 295 g/mol. The number of nitrogens with zero attached hydrogens (tertiary/aromatic N) is 4. The van der Waals surface area contributed by atoms with Gasteiger partial charge in [0.05, 0.1) is 11.3 Å². The third kappa shape index (κ3) is 2.79. The number of aromatic nitrogens is 2. The van der Waals surface area contributed by atoms with E-state index in [1.807, 2.05) is 29.2 Å². The number of rotatable bonds is 2. The van der Waals surface area contributed by atoms with Gasteiger partial charge >= 0.3 is 0 Å². The van der Waals surface area contributed by atoms with Gasteiger partial charge in [0.15, 0.2) is 0 Å². The molecule has 0 atom stereocenters. The molecule has 0 saturated carbocycles. The largest absolute Gasteiger partial charge is 0.369 e. The fraction of sp³-hybridized carbons (Fsp3) is 0.312. The van der Waals surface area contributed by atoms with Gasteiger partial charge < -0.3 is 9.80 Å². The number of para-hydroxylation sites is 1. The van der Waals surface area contributed by atoms with Gasteiger partial charge in [-0.1, -0.05) is 12.1 Å². The van der Waals surface area contributed by atoms with E-state index in [1.54, 1.807) is 12.3 Å². The molecule has 2 aromatic rings. The molecule has 6 heteroatoms. The Labute approximate surface area is 129 Å². The average Bonchev–Trinajstić information content (AvgIpc) is 2.99. The number of nitrogens with one attached hydrogen (secondary N) is 1. The fourth-order valence-corrected chi connectivity index (χ4v) is 2.75. The minimum atomic E-state index is -0.0204. The number of hydrogen-bond donors (Lipinski definition) is 1. The highest BCUT2D eigenvalue weighted by Crippen LogP contribution is 2.21. The first-order valence-electron chi connectivity index (χ1n) is 7.32. The SMILES string of the molecule is N#Cc1ccccc1N1CCCN(C(=O)c2ccn[nH]2)CC1. The lowest BCUT2D eigenvalue weighted by molar-refractivity contribution is 0.0761. The molecule has 0 unspecified atom stereocenters. The summed E-state index contributed by atoms with van der Waals surface area (Å²) in [5.74, 6) is -0.0204. The lowest BCUT2D eigenvalue weighted by atomic mass is 10.1. The van der Waals surface area contributed by atoms with Crippen molar-refractivity contribution in [3.63, 3.8) is 0 Å². The van der Waals surface area contributed by atoms with Crippen LogP contribution in [-0.4, -0.2) is 47.2 Å². The number of aromatic amines is 1. The Morgan fingerprint density at radius 3 is 2.82 bits per heavy atom. The maximum absolute atomic E-state index is 12.4. The predicted octanol–water partition coefficient (Wildman–Crippen LogP) is 1.63. The molecule has 112 valence electrons. The van der Waals surface area contributed by atoms with Crippen LogP contribution in [0.15, 0.2) is 36.5 Å². The molecular weight excluding hydrogens is 278 g/mol. The van der Waals surface area contributed by atoms with Crippen molar-refractivity contribution in [1.29, 1.82) is 5.26 Å². The number of amides is 1. The van der Waals surface area contributed by atoms with E-state index in [4.69, 9.17) is 0 Å². The van der Waals surface area contributed by atoms with Crippen LogP contribution in [0.2, 0.25) is 0 Å². The maximum atomic E-state index is 12.4. The summed E-state index contributed by atoms with van der Waals surface area (Å²) < 4.78 is 0. The highest BCUT2D eigenvalue weighted by atomic mass is 16.2. The van der Waals surface area contributed by atoms with E-state index >= 15 is 0 Å². The standard InChI is InChI=1S/C16H17N5O/c17-12-13-4-1-2-5-15(13)20-8-3-9-21(11-10-20)16(22)14-6-7-18-19-14/h1-2,4-7H,3,8-11H2,(H,18,19). The fourth-order valence-electron chi connectivity index (χ4n) is 2.75. The van der Waals surface area contributed by atoms with Gasteiger partial charge in [0, 0.05) is 32.4 Å². The van der Waals surface area contributed by atoms with Crippen LogP contribution in [0.3, 0.4) is 0 Å². The molecule has 1 amide bonds. The molecule has 1 saturated heterocycles. The molecule has 0 aliphatic carbocycles. The van der Waals surface area contributed by atoms with Gasteiger partial charge in [0.25, 0.3) is 5.91 Å². The summed E-state index contributed by atoms with van der Waals surface area (Å²) in [4.78, 5) is 16.4. The first kappa shape index (κ1) is 14.1. The van der Waals surface area contributed by atoms with Gasteiger partial charge in [0.1, 0.15) is 11.8 Å². The van der Waals surface area contributed by atoms with E-state index in [2.05, 4.69) is 21.2 Å². The zero-order valence-electron chi connectivity index (χ0n) is 12.2. The molecule has 2 heterocycles. The highest BCUT2D eigenvalue weighted by molar-refractivity contribution is 5.92. The van der Waals surface area contributed by atoms with Crippen LogP contribution in [0.4, 0.5) is 5.69 Å². The predicted molar refractivity (Wildman–Crippen MR) is 82.5 cm³/mol. The van der Waals surface area contributed by atoms with Crippen molar-refractivity contribution in [2.45, 2.75) is 6.42 Å². The number of carbonyl (C=O) groups is 1. The molecule has 1 aliphatic heterocycles. The zero-order chi connectivity index (χ0) is 15.4. The molecule has 1 aromatic carbocycles. The molecule has 0 radical (unpaired) electrons. The monoisotopic (exact) mass is 295 g/mol. The Bertz CT molecular complexity index is 689. The summed E-state index contributed by atoms with van der Waals surface area (Å²) in [7, 11) is 0. The van der Waals surface area contributed by atoms with Gasteiger partial charge in [-0.05, 0) is 24.6 Å². The quantitative estimate of drug-likeness (QED) is 0.913. The van der Waals surface area contributed by atoms with Crippen LogP contribution in [0.1, 0.15) is 22.5 Å². The second kappa shape index (κ2) is 6.31. The number of hydrogen-bond acceptors (Lipinski definition) is 4. The molecule has 22 heavy (non-hydrogen) atoms. The molecule has 3 rings (SSSR count). The molecule has 1 fully saturated rings.